The number of hydrogen-bond acceptors (Lipinski definition) is 2. The number of carbonyl (C=O) groups excluding carboxylic acids is 2. The van der Waals surface area contributed by atoms with Crippen molar-refractivity contribution in [2.24, 2.45) is 0 Å². The summed E-state index contributed by atoms with van der Waals surface area (Å²) in [5.74, 6) is -0.472. The molecule has 98 valence electrons. The van der Waals surface area contributed by atoms with Crippen LogP contribution < -0.4 is 5.32 Å². The Balaban J connectivity index is 2.74. The van der Waals surface area contributed by atoms with Crippen LogP contribution in [0.4, 0.5) is 4.39 Å². The zero-order chi connectivity index (χ0) is 13.5. The van der Waals surface area contributed by atoms with Crippen LogP contribution >= 0.6 is 0 Å². The lowest BCUT2D eigenvalue weighted by Gasteiger charge is -2.16. The minimum atomic E-state index is -0.520. The van der Waals surface area contributed by atoms with E-state index in [4.69, 9.17) is 0 Å². The van der Waals surface area contributed by atoms with E-state index in [1.165, 1.54) is 12.1 Å². The molecule has 18 heavy (non-hydrogen) atoms. The van der Waals surface area contributed by atoms with Crippen LogP contribution in [-0.2, 0) is 16.0 Å². The Morgan fingerprint density at radius 3 is 2.28 bits per heavy atom. The number of hydrogen-bond donors (Lipinski definition) is 1. The van der Waals surface area contributed by atoms with E-state index >= 15 is 0 Å². The van der Waals surface area contributed by atoms with E-state index < -0.39 is 6.04 Å². The highest BCUT2D eigenvalue weighted by atomic mass is 19.1. The molecular formula is C14H18FNO2. The second-order valence-corrected chi connectivity index (χ2v) is 4.12. The van der Waals surface area contributed by atoms with Gasteiger partial charge in [0.1, 0.15) is 5.82 Å². The van der Waals surface area contributed by atoms with Gasteiger partial charge in [-0.25, -0.2) is 4.39 Å². The molecule has 1 rings (SSSR count). The van der Waals surface area contributed by atoms with Gasteiger partial charge in [-0.3, -0.25) is 9.59 Å². The summed E-state index contributed by atoms with van der Waals surface area (Å²) >= 11 is 0. The fourth-order valence-electron chi connectivity index (χ4n) is 1.64. The number of benzene rings is 1. The van der Waals surface area contributed by atoms with Crippen LogP contribution in [0.25, 0.3) is 0 Å². The second kappa shape index (κ2) is 6.89. The third-order valence-electron chi connectivity index (χ3n) is 2.75. The van der Waals surface area contributed by atoms with E-state index in [0.717, 1.165) is 5.56 Å². The molecular weight excluding hydrogens is 233 g/mol. The van der Waals surface area contributed by atoms with E-state index in [2.05, 4.69) is 5.32 Å². The van der Waals surface area contributed by atoms with Gasteiger partial charge in [-0.05, 0) is 24.1 Å². The molecule has 1 aromatic carbocycles. The first-order chi connectivity index (χ1) is 8.56. The van der Waals surface area contributed by atoms with Gasteiger partial charge >= 0.3 is 0 Å². The number of halogens is 1. The topological polar surface area (TPSA) is 46.2 Å². The standard InChI is InChI=1S/C14H18FNO2/c1-3-13(17)12(16-14(18)4-2)9-10-5-7-11(15)8-6-10/h5-8,12H,3-4,9H2,1-2H3,(H,16,18). The molecule has 1 amide bonds. The van der Waals surface area contributed by atoms with Gasteiger partial charge in [0.05, 0.1) is 6.04 Å². The first-order valence-electron chi connectivity index (χ1n) is 6.13. The molecule has 0 aliphatic carbocycles. The van der Waals surface area contributed by atoms with E-state index in [9.17, 15) is 14.0 Å². The Labute approximate surface area is 106 Å². The zero-order valence-electron chi connectivity index (χ0n) is 10.7. The molecule has 0 aliphatic rings. The van der Waals surface area contributed by atoms with Gasteiger partial charge in [0.25, 0.3) is 0 Å². The van der Waals surface area contributed by atoms with Crippen molar-refractivity contribution >= 4 is 11.7 Å². The average Bonchev–Trinajstić information content (AvgIpc) is 2.39. The van der Waals surface area contributed by atoms with Crippen molar-refractivity contribution in [1.82, 2.24) is 5.32 Å². The van der Waals surface area contributed by atoms with Crippen LogP contribution in [0.1, 0.15) is 32.3 Å². The summed E-state index contributed by atoms with van der Waals surface area (Å²) in [6, 6.07) is 5.44. The highest BCUT2D eigenvalue weighted by Gasteiger charge is 2.18. The normalized spacial score (nSPS) is 11.9. The summed E-state index contributed by atoms with van der Waals surface area (Å²) in [7, 11) is 0. The molecule has 0 heterocycles. The van der Waals surface area contributed by atoms with E-state index in [0.29, 0.717) is 19.3 Å². The third kappa shape index (κ3) is 4.28. The summed E-state index contributed by atoms with van der Waals surface area (Å²) in [5.41, 5.74) is 0.833. The molecule has 0 saturated heterocycles. The number of rotatable bonds is 6. The molecule has 1 N–H and O–H groups in total. The van der Waals surface area contributed by atoms with Crippen molar-refractivity contribution in [2.75, 3.05) is 0 Å². The van der Waals surface area contributed by atoms with Crippen molar-refractivity contribution in [3.8, 4) is 0 Å². The molecule has 1 aromatic rings. The molecule has 0 saturated carbocycles. The lowest BCUT2D eigenvalue weighted by Crippen LogP contribution is -2.41. The van der Waals surface area contributed by atoms with Crippen LogP contribution in [0.3, 0.4) is 0 Å². The van der Waals surface area contributed by atoms with Crippen LogP contribution in [0.5, 0.6) is 0 Å². The SMILES string of the molecule is CCC(=O)NC(Cc1ccc(F)cc1)C(=O)CC. The van der Waals surface area contributed by atoms with Crippen molar-refractivity contribution in [3.63, 3.8) is 0 Å². The molecule has 1 atom stereocenters. The molecule has 0 spiro atoms. The molecule has 0 aromatic heterocycles. The van der Waals surface area contributed by atoms with Gasteiger partial charge < -0.3 is 5.32 Å². The van der Waals surface area contributed by atoms with Crippen LogP contribution in [0.2, 0.25) is 0 Å². The van der Waals surface area contributed by atoms with Gasteiger partial charge in [-0.15, -0.1) is 0 Å². The van der Waals surface area contributed by atoms with Gasteiger partial charge in [0.15, 0.2) is 5.78 Å². The quantitative estimate of drug-likeness (QED) is 0.842. The lowest BCUT2D eigenvalue weighted by atomic mass is 10.0. The summed E-state index contributed by atoms with van der Waals surface area (Å²) < 4.78 is 12.8. The Kier molecular flexibility index (Phi) is 5.49. The number of carbonyl (C=O) groups is 2. The van der Waals surface area contributed by atoms with Gasteiger partial charge in [-0.1, -0.05) is 26.0 Å². The molecule has 4 heteroatoms. The number of Topliss-reactive ketones (excluding diaryl/α,β-unsaturated/α-hetero) is 1. The molecule has 3 nitrogen and oxygen atoms in total. The van der Waals surface area contributed by atoms with Crippen molar-refractivity contribution in [1.29, 1.82) is 0 Å². The summed E-state index contributed by atoms with van der Waals surface area (Å²) in [6.07, 6.45) is 1.12. The fraction of sp³-hybridized carbons (Fsp3) is 0.429. The van der Waals surface area contributed by atoms with E-state index in [-0.39, 0.29) is 17.5 Å². The Morgan fingerprint density at radius 2 is 1.78 bits per heavy atom. The Hall–Kier alpha value is -1.71. The molecule has 0 aliphatic heterocycles. The predicted octanol–water partition coefficient (Wildman–Crippen LogP) is 2.24. The lowest BCUT2D eigenvalue weighted by molar-refractivity contribution is -0.127. The Morgan fingerprint density at radius 1 is 1.17 bits per heavy atom. The van der Waals surface area contributed by atoms with Gasteiger partial charge in [0, 0.05) is 12.8 Å². The van der Waals surface area contributed by atoms with Crippen LogP contribution in [0, 0.1) is 5.82 Å². The van der Waals surface area contributed by atoms with Gasteiger partial charge in [-0.2, -0.15) is 0 Å². The minimum Gasteiger partial charge on any atom is -0.346 e. The Bertz CT molecular complexity index is 414. The van der Waals surface area contributed by atoms with E-state index in [1.54, 1.807) is 26.0 Å². The third-order valence-corrected chi connectivity index (χ3v) is 2.75. The summed E-state index contributed by atoms with van der Waals surface area (Å²) in [6.45, 7) is 3.50. The number of ketones is 1. The number of amides is 1. The van der Waals surface area contributed by atoms with Crippen molar-refractivity contribution in [3.05, 3.63) is 35.6 Å². The zero-order valence-corrected chi connectivity index (χ0v) is 10.7. The number of nitrogens with one attached hydrogen (secondary N) is 1. The van der Waals surface area contributed by atoms with E-state index in [1.807, 2.05) is 0 Å². The maximum atomic E-state index is 12.8. The average molecular weight is 251 g/mol. The van der Waals surface area contributed by atoms with Crippen LogP contribution in [-0.4, -0.2) is 17.7 Å². The van der Waals surface area contributed by atoms with Crippen LogP contribution in [0.15, 0.2) is 24.3 Å². The minimum absolute atomic E-state index is 0.0128. The molecule has 0 bridgehead atoms. The highest BCUT2D eigenvalue weighted by molar-refractivity contribution is 5.89. The molecule has 0 fully saturated rings. The van der Waals surface area contributed by atoms with Crippen molar-refractivity contribution < 1.29 is 14.0 Å². The van der Waals surface area contributed by atoms with Crippen molar-refractivity contribution in [2.45, 2.75) is 39.2 Å². The maximum absolute atomic E-state index is 12.8. The van der Waals surface area contributed by atoms with Gasteiger partial charge in [0.2, 0.25) is 5.91 Å². The molecule has 0 radical (unpaired) electrons. The summed E-state index contributed by atoms with van der Waals surface area (Å²) in [4.78, 5) is 23.1. The summed E-state index contributed by atoms with van der Waals surface area (Å²) in [5, 5.41) is 2.70. The highest BCUT2D eigenvalue weighted by Crippen LogP contribution is 2.07. The molecule has 1 unspecified atom stereocenters. The first-order valence-corrected chi connectivity index (χ1v) is 6.13. The largest absolute Gasteiger partial charge is 0.346 e. The maximum Gasteiger partial charge on any atom is 0.220 e. The second-order valence-electron chi connectivity index (χ2n) is 4.12. The first kappa shape index (κ1) is 14.4. The smallest absolute Gasteiger partial charge is 0.220 e. The fourth-order valence-corrected chi connectivity index (χ4v) is 1.64. The predicted molar refractivity (Wildman–Crippen MR) is 67.6 cm³/mol. The monoisotopic (exact) mass is 251 g/mol.